The summed E-state index contributed by atoms with van der Waals surface area (Å²) in [6.45, 7) is 0. The molecule has 1 heterocycles. The summed E-state index contributed by atoms with van der Waals surface area (Å²) in [6.07, 6.45) is 1.17. The van der Waals surface area contributed by atoms with Crippen molar-refractivity contribution >= 4 is 28.2 Å². The van der Waals surface area contributed by atoms with Gasteiger partial charge in [0.2, 0.25) is 0 Å². The number of aryl methyl sites for hydroxylation is 1. The molecule has 0 aromatic heterocycles. The predicted molar refractivity (Wildman–Crippen MR) is 54.3 cm³/mol. The van der Waals surface area contributed by atoms with Gasteiger partial charge in [0, 0.05) is 11.3 Å². The largest absolute Gasteiger partial charge is 0.114 e. The molecule has 1 aliphatic heterocycles. The Labute approximate surface area is 76.0 Å². The fourth-order valence-electron chi connectivity index (χ4n) is 1.27. The molecule has 0 aliphatic carbocycles. The van der Waals surface area contributed by atoms with Gasteiger partial charge in [0.25, 0.3) is 0 Å². The van der Waals surface area contributed by atoms with E-state index < -0.39 is 0 Å². The summed E-state index contributed by atoms with van der Waals surface area (Å²) in [4.78, 5) is 0. The second-order valence-electron chi connectivity index (χ2n) is 2.54. The van der Waals surface area contributed by atoms with Crippen LogP contribution in [-0.4, -0.2) is 9.95 Å². The molecular formula is C9H8S2. The molecule has 2 rings (SSSR count). The number of thiocarbonyl (C=S) groups is 1. The van der Waals surface area contributed by atoms with Crippen LogP contribution in [0.4, 0.5) is 0 Å². The van der Waals surface area contributed by atoms with Crippen molar-refractivity contribution in [2.45, 2.75) is 6.42 Å². The van der Waals surface area contributed by atoms with E-state index in [4.69, 9.17) is 12.2 Å². The van der Waals surface area contributed by atoms with Crippen molar-refractivity contribution in [1.29, 1.82) is 0 Å². The standard InChI is InChI=1S/C9H8S2/c10-9-8-4-2-1-3-7(8)5-6-11-9/h1-4H,5-6H2. The highest BCUT2D eigenvalue weighted by Crippen LogP contribution is 2.24. The van der Waals surface area contributed by atoms with E-state index in [1.165, 1.54) is 17.5 Å². The molecule has 0 bridgehead atoms. The number of fused-ring (bicyclic) bond motifs is 1. The molecule has 0 amide bonds. The SMILES string of the molecule is S=C1SCCc2ccccc21. The smallest absolute Gasteiger partial charge is 0.0781 e. The van der Waals surface area contributed by atoms with E-state index in [9.17, 15) is 0 Å². The maximum atomic E-state index is 5.22. The second-order valence-corrected chi connectivity index (χ2v) is 4.31. The number of benzene rings is 1. The van der Waals surface area contributed by atoms with E-state index in [2.05, 4.69) is 24.3 Å². The third-order valence-electron chi connectivity index (χ3n) is 1.84. The molecule has 0 N–H and O–H groups in total. The number of hydrogen-bond donors (Lipinski definition) is 0. The van der Waals surface area contributed by atoms with Gasteiger partial charge in [0.15, 0.2) is 0 Å². The van der Waals surface area contributed by atoms with Crippen LogP contribution in [0.25, 0.3) is 0 Å². The van der Waals surface area contributed by atoms with Crippen LogP contribution in [0.15, 0.2) is 24.3 Å². The zero-order valence-corrected chi connectivity index (χ0v) is 7.67. The molecule has 11 heavy (non-hydrogen) atoms. The lowest BCUT2D eigenvalue weighted by molar-refractivity contribution is 1.15. The molecule has 2 heteroatoms. The lowest BCUT2D eigenvalue weighted by atomic mass is 10.1. The van der Waals surface area contributed by atoms with Crippen LogP contribution in [-0.2, 0) is 6.42 Å². The molecule has 1 aromatic carbocycles. The Hall–Kier alpha value is -0.340. The normalized spacial score (nSPS) is 16.2. The summed E-state index contributed by atoms with van der Waals surface area (Å²) in [5, 5.41) is 0. The number of thioether (sulfide) groups is 1. The quantitative estimate of drug-likeness (QED) is 0.563. The van der Waals surface area contributed by atoms with Crippen LogP contribution >= 0.6 is 24.0 Å². The zero-order valence-electron chi connectivity index (χ0n) is 6.04. The fourth-order valence-corrected chi connectivity index (χ4v) is 2.58. The van der Waals surface area contributed by atoms with E-state index in [-0.39, 0.29) is 0 Å². The molecule has 1 aromatic rings. The monoisotopic (exact) mass is 180 g/mol. The molecular weight excluding hydrogens is 172 g/mol. The van der Waals surface area contributed by atoms with Crippen molar-refractivity contribution in [3.63, 3.8) is 0 Å². The minimum absolute atomic E-state index is 1.06. The Morgan fingerprint density at radius 1 is 1.27 bits per heavy atom. The van der Waals surface area contributed by atoms with Gasteiger partial charge in [-0.25, -0.2) is 0 Å². The minimum Gasteiger partial charge on any atom is -0.114 e. The third-order valence-corrected chi connectivity index (χ3v) is 3.31. The average molecular weight is 180 g/mol. The Morgan fingerprint density at radius 3 is 2.91 bits per heavy atom. The van der Waals surface area contributed by atoms with Gasteiger partial charge in [-0.15, -0.1) is 11.8 Å². The van der Waals surface area contributed by atoms with Crippen molar-refractivity contribution in [1.82, 2.24) is 0 Å². The van der Waals surface area contributed by atoms with Crippen molar-refractivity contribution in [2.75, 3.05) is 5.75 Å². The van der Waals surface area contributed by atoms with Crippen LogP contribution in [0.5, 0.6) is 0 Å². The van der Waals surface area contributed by atoms with Gasteiger partial charge in [-0.05, 0) is 12.0 Å². The molecule has 0 atom stereocenters. The van der Waals surface area contributed by atoms with Gasteiger partial charge in [-0.1, -0.05) is 36.5 Å². The van der Waals surface area contributed by atoms with Crippen LogP contribution in [0.3, 0.4) is 0 Å². The Balaban J connectivity index is 2.52. The molecule has 56 valence electrons. The van der Waals surface area contributed by atoms with Crippen LogP contribution in [0.2, 0.25) is 0 Å². The Bertz CT molecular complexity index is 291. The topological polar surface area (TPSA) is 0 Å². The van der Waals surface area contributed by atoms with E-state index >= 15 is 0 Å². The first-order chi connectivity index (χ1) is 5.38. The minimum atomic E-state index is 1.06. The summed E-state index contributed by atoms with van der Waals surface area (Å²) < 4.78 is 1.06. The first kappa shape index (κ1) is 7.32. The first-order valence-electron chi connectivity index (χ1n) is 3.63. The number of hydrogen-bond acceptors (Lipinski definition) is 2. The highest BCUT2D eigenvalue weighted by Gasteiger charge is 2.12. The van der Waals surface area contributed by atoms with Crippen LogP contribution < -0.4 is 0 Å². The maximum Gasteiger partial charge on any atom is 0.0781 e. The molecule has 0 saturated carbocycles. The van der Waals surface area contributed by atoms with Gasteiger partial charge < -0.3 is 0 Å². The summed E-state index contributed by atoms with van der Waals surface area (Å²) >= 11 is 7.02. The van der Waals surface area contributed by atoms with Gasteiger partial charge in [0.1, 0.15) is 0 Å². The molecule has 0 nitrogen and oxygen atoms in total. The van der Waals surface area contributed by atoms with Gasteiger partial charge >= 0.3 is 0 Å². The Morgan fingerprint density at radius 2 is 2.09 bits per heavy atom. The second kappa shape index (κ2) is 2.95. The van der Waals surface area contributed by atoms with Crippen molar-refractivity contribution in [3.8, 4) is 0 Å². The first-order valence-corrected chi connectivity index (χ1v) is 5.02. The highest BCUT2D eigenvalue weighted by molar-refractivity contribution is 8.23. The highest BCUT2D eigenvalue weighted by atomic mass is 32.2. The molecule has 0 radical (unpaired) electrons. The maximum absolute atomic E-state index is 5.22. The van der Waals surface area contributed by atoms with Gasteiger partial charge in [-0.2, -0.15) is 0 Å². The summed E-state index contributed by atoms with van der Waals surface area (Å²) in [5.41, 5.74) is 2.69. The van der Waals surface area contributed by atoms with E-state index in [1.54, 1.807) is 11.8 Å². The Kier molecular flexibility index (Phi) is 1.96. The van der Waals surface area contributed by atoms with E-state index in [0.29, 0.717) is 0 Å². The zero-order chi connectivity index (χ0) is 7.68. The van der Waals surface area contributed by atoms with Crippen molar-refractivity contribution in [3.05, 3.63) is 35.4 Å². The van der Waals surface area contributed by atoms with Gasteiger partial charge in [0.05, 0.1) is 4.20 Å². The lowest BCUT2D eigenvalue weighted by Crippen LogP contribution is -2.07. The summed E-state index contributed by atoms with van der Waals surface area (Å²) in [6, 6.07) is 8.42. The van der Waals surface area contributed by atoms with Crippen LogP contribution in [0, 0.1) is 0 Å². The van der Waals surface area contributed by atoms with E-state index in [0.717, 1.165) is 9.95 Å². The fraction of sp³-hybridized carbons (Fsp3) is 0.222. The van der Waals surface area contributed by atoms with Gasteiger partial charge in [-0.3, -0.25) is 0 Å². The molecule has 0 fully saturated rings. The molecule has 1 aliphatic rings. The summed E-state index contributed by atoms with van der Waals surface area (Å²) in [5.74, 6) is 1.15. The van der Waals surface area contributed by atoms with Crippen molar-refractivity contribution < 1.29 is 0 Å². The molecule has 0 unspecified atom stereocenters. The van der Waals surface area contributed by atoms with Crippen LogP contribution in [0.1, 0.15) is 11.1 Å². The van der Waals surface area contributed by atoms with E-state index in [1.807, 2.05) is 0 Å². The van der Waals surface area contributed by atoms with Crippen molar-refractivity contribution in [2.24, 2.45) is 0 Å². The number of rotatable bonds is 0. The predicted octanol–water partition coefficient (Wildman–Crippen LogP) is 2.65. The molecule has 0 spiro atoms. The third kappa shape index (κ3) is 1.33. The average Bonchev–Trinajstić information content (AvgIpc) is 2.06. The lowest BCUT2D eigenvalue weighted by Gasteiger charge is -2.14. The summed E-state index contributed by atoms with van der Waals surface area (Å²) in [7, 11) is 0. The molecule has 0 saturated heterocycles.